The van der Waals surface area contributed by atoms with Crippen LogP contribution in [-0.2, 0) is 20.4 Å². The van der Waals surface area contributed by atoms with Gasteiger partial charge in [-0.1, -0.05) is 0 Å². The molecule has 0 spiro atoms. The molecule has 8 heteroatoms. The maximum atomic E-state index is 12.6. The third kappa shape index (κ3) is 7.43. The van der Waals surface area contributed by atoms with Gasteiger partial charge in [-0.2, -0.15) is 13.2 Å². The fraction of sp³-hybridized carbons (Fsp3) is 0.556. The predicted octanol–water partition coefficient (Wildman–Crippen LogP) is 3.53. The van der Waals surface area contributed by atoms with Gasteiger partial charge in [-0.05, 0) is 44.5 Å². The molecule has 0 atom stereocenters. The molecule has 0 N–H and O–H groups in total. The Bertz CT molecular complexity index is 573. The van der Waals surface area contributed by atoms with Crippen LogP contribution in [0.25, 0.3) is 0 Å². The number of carbonyl (C=O) groups excluding carboxylic acids is 2. The van der Waals surface area contributed by atoms with E-state index in [2.05, 4.69) is 0 Å². The van der Waals surface area contributed by atoms with E-state index in [1.807, 2.05) is 6.92 Å². The molecule has 146 valence electrons. The van der Waals surface area contributed by atoms with Crippen LogP contribution >= 0.6 is 0 Å². The van der Waals surface area contributed by atoms with Gasteiger partial charge in [0.1, 0.15) is 0 Å². The van der Waals surface area contributed by atoms with E-state index in [4.69, 9.17) is 9.47 Å². The molecule has 0 heterocycles. The van der Waals surface area contributed by atoms with Crippen LogP contribution in [0.5, 0.6) is 0 Å². The van der Waals surface area contributed by atoms with Crippen molar-refractivity contribution in [2.24, 2.45) is 0 Å². The van der Waals surface area contributed by atoms with Gasteiger partial charge < -0.3 is 14.4 Å². The highest BCUT2D eigenvalue weighted by Crippen LogP contribution is 2.29. The second kappa shape index (κ2) is 10.8. The van der Waals surface area contributed by atoms with E-state index >= 15 is 0 Å². The van der Waals surface area contributed by atoms with Gasteiger partial charge in [0.25, 0.3) is 5.91 Å². The first-order valence-electron chi connectivity index (χ1n) is 8.49. The lowest BCUT2D eigenvalue weighted by Crippen LogP contribution is -2.34. The third-order valence-electron chi connectivity index (χ3n) is 3.56. The zero-order valence-corrected chi connectivity index (χ0v) is 15.0. The Hall–Kier alpha value is -2.09. The van der Waals surface area contributed by atoms with E-state index in [9.17, 15) is 22.8 Å². The summed E-state index contributed by atoms with van der Waals surface area (Å²) in [4.78, 5) is 25.5. The lowest BCUT2D eigenvalue weighted by molar-refractivity contribution is -0.143. The van der Waals surface area contributed by atoms with Gasteiger partial charge in [-0.25, -0.2) is 0 Å². The molecule has 0 aliphatic carbocycles. The number of halogens is 3. The number of hydrogen-bond donors (Lipinski definition) is 0. The molecule has 0 bridgehead atoms. The summed E-state index contributed by atoms with van der Waals surface area (Å²) in [6.45, 7) is 5.25. The molecular formula is C18H24F3NO4. The number of alkyl halides is 3. The van der Waals surface area contributed by atoms with Gasteiger partial charge in [0.2, 0.25) is 0 Å². The fourth-order valence-electron chi connectivity index (χ4n) is 2.26. The molecule has 0 aliphatic rings. The average Bonchev–Trinajstić information content (AvgIpc) is 2.60. The highest BCUT2D eigenvalue weighted by atomic mass is 19.4. The first-order valence-corrected chi connectivity index (χ1v) is 8.49. The normalized spacial score (nSPS) is 11.3. The molecule has 5 nitrogen and oxygen atoms in total. The zero-order chi connectivity index (χ0) is 19.6. The van der Waals surface area contributed by atoms with Crippen molar-refractivity contribution < 1.29 is 32.2 Å². The minimum Gasteiger partial charge on any atom is -0.466 e. The van der Waals surface area contributed by atoms with E-state index in [1.165, 1.54) is 4.90 Å². The van der Waals surface area contributed by atoms with E-state index in [0.29, 0.717) is 26.2 Å². The third-order valence-corrected chi connectivity index (χ3v) is 3.56. The van der Waals surface area contributed by atoms with Crippen molar-refractivity contribution in [1.29, 1.82) is 0 Å². The van der Waals surface area contributed by atoms with Crippen LogP contribution in [0.15, 0.2) is 24.3 Å². The lowest BCUT2D eigenvalue weighted by Gasteiger charge is -2.22. The summed E-state index contributed by atoms with van der Waals surface area (Å²) in [6.07, 6.45) is -3.87. The largest absolute Gasteiger partial charge is 0.466 e. The Balaban J connectivity index is 2.79. The summed E-state index contributed by atoms with van der Waals surface area (Å²) in [6, 6.07) is 4.03. The maximum absolute atomic E-state index is 12.6. The number of rotatable bonds is 10. The maximum Gasteiger partial charge on any atom is 0.416 e. The molecule has 0 unspecified atom stereocenters. The average molecular weight is 375 g/mol. The number of benzene rings is 1. The first kappa shape index (κ1) is 22.0. The Morgan fingerprint density at radius 2 is 1.69 bits per heavy atom. The second-order valence-electron chi connectivity index (χ2n) is 5.47. The Kier molecular flexibility index (Phi) is 9.12. The molecule has 0 fully saturated rings. The molecule has 1 aromatic carbocycles. The first-order chi connectivity index (χ1) is 12.3. The number of hydrogen-bond acceptors (Lipinski definition) is 4. The molecule has 0 saturated carbocycles. The van der Waals surface area contributed by atoms with Crippen LogP contribution in [0, 0.1) is 0 Å². The summed E-state index contributed by atoms with van der Waals surface area (Å²) >= 11 is 0. The fourth-order valence-corrected chi connectivity index (χ4v) is 2.26. The van der Waals surface area contributed by atoms with Crippen molar-refractivity contribution in [3.8, 4) is 0 Å². The minimum atomic E-state index is -4.46. The van der Waals surface area contributed by atoms with Gasteiger partial charge in [0.15, 0.2) is 0 Å². The van der Waals surface area contributed by atoms with Gasteiger partial charge in [-0.15, -0.1) is 0 Å². The van der Waals surface area contributed by atoms with Crippen molar-refractivity contribution in [2.75, 3.05) is 32.9 Å². The van der Waals surface area contributed by atoms with Crippen LogP contribution in [0.4, 0.5) is 13.2 Å². The van der Waals surface area contributed by atoms with Crippen molar-refractivity contribution in [2.45, 2.75) is 32.9 Å². The molecule has 26 heavy (non-hydrogen) atoms. The summed E-state index contributed by atoms with van der Waals surface area (Å²) in [5, 5.41) is 0. The van der Waals surface area contributed by atoms with Crippen molar-refractivity contribution in [1.82, 2.24) is 4.90 Å². The van der Waals surface area contributed by atoms with Crippen LogP contribution in [0.3, 0.4) is 0 Å². The van der Waals surface area contributed by atoms with Gasteiger partial charge in [-0.3, -0.25) is 9.59 Å². The molecule has 1 rings (SSSR count). The van der Waals surface area contributed by atoms with Crippen LogP contribution in [0.2, 0.25) is 0 Å². The summed E-state index contributed by atoms with van der Waals surface area (Å²) in [5.74, 6) is -0.859. The van der Waals surface area contributed by atoms with Crippen molar-refractivity contribution in [3.05, 3.63) is 35.4 Å². The van der Waals surface area contributed by atoms with Crippen molar-refractivity contribution in [3.63, 3.8) is 0 Å². The number of amides is 1. The highest BCUT2D eigenvalue weighted by molar-refractivity contribution is 5.94. The number of nitrogens with zero attached hydrogens (tertiary/aromatic N) is 1. The summed E-state index contributed by atoms with van der Waals surface area (Å²) < 4.78 is 48.0. The molecule has 0 saturated heterocycles. The quantitative estimate of drug-likeness (QED) is 0.464. The van der Waals surface area contributed by atoms with Gasteiger partial charge >= 0.3 is 12.1 Å². The van der Waals surface area contributed by atoms with E-state index in [-0.39, 0.29) is 25.1 Å². The van der Waals surface area contributed by atoms with E-state index in [1.54, 1.807) is 6.92 Å². The molecule has 0 aliphatic heterocycles. The topological polar surface area (TPSA) is 55.8 Å². The standard InChI is InChI=1S/C18H24F3NO4/c1-3-25-13-5-11-22(12-10-16(23)26-4-2)17(24)14-6-8-15(9-7-14)18(19,20)21/h6-9H,3-5,10-13H2,1-2H3. The Labute approximate surface area is 151 Å². The molecule has 1 amide bonds. The Morgan fingerprint density at radius 3 is 2.23 bits per heavy atom. The minimum absolute atomic E-state index is 0.0227. The molecule has 0 aromatic heterocycles. The molecular weight excluding hydrogens is 351 g/mol. The van der Waals surface area contributed by atoms with Crippen LogP contribution < -0.4 is 0 Å². The molecule has 1 aromatic rings. The monoisotopic (exact) mass is 375 g/mol. The Morgan fingerprint density at radius 1 is 1.04 bits per heavy atom. The van der Waals surface area contributed by atoms with Gasteiger partial charge in [0, 0.05) is 31.9 Å². The smallest absolute Gasteiger partial charge is 0.416 e. The lowest BCUT2D eigenvalue weighted by atomic mass is 10.1. The summed E-state index contributed by atoms with van der Waals surface area (Å²) in [7, 11) is 0. The second-order valence-corrected chi connectivity index (χ2v) is 5.47. The SMILES string of the molecule is CCOCCCN(CCC(=O)OCC)C(=O)c1ccc(C(F)(F)F)cc1. The predicted molar refractivity (Wildman–Crippen MR) is 89.7 cm³/mol. The number of esters is 1. The zero-order valence-electron chi connectivity index (χ0n) is 15.0. The molecule has 0 radical (unpaired) electrons. The highest BCUT2D eigenvalue weighted by Gasteiger charge is 2.30. The van der Waals surface area contributed by atoms with E-state index in [0.717, 1.165) is 24.3 Å². The van der Waals surface area contributed by atoms with Crippen LogP contribution in [-0.4, -0.2) is 49.7 Å². The van der Waals surface area contributed by atoms with Crippen molar-refractivity contribution >= 4 is 11.9 Å². The number of carbonyl (C=O) groups is 2. The summed E-state index contributed by atoms with van der Waals surface area (Å²) in [5.41, 5.74) is -0.679. The number of ether oxygens (including phenoxy) is 2. The van der Waals surface area contributed by atoms with Crippen LogP contribution in [0.1, 0.15) is 42.6 Å². The van der Waals surface area contributed by atoms with Gasteiger partial charge in [0.05, 0.1) is 18.6 Å². The van der Waals surface area contributed by atoms with E-state index < -0.39 is 23.6 Å².